The smallest absolute Gasteiger partial charge is 0.402 e. The Morgan fingerprint density at radius 3 is 2.08 bits per heavy atom. The van der Waals surface area contributed by atoms with E-state index in [0.29, 0.717) is 35.5 Å². The number of fused-ring (bicyclic) bond motifs is 1. The fourth-order valence-electron chi connectivity index (χ4n) is 4.15. The van der Waals surface area contributed by atoms with Crippen LogP contribution in [0.4, 0.5) is 43.5 Å². The Hall–Kier alpha value is -4.26. The van der Waals surface area contributed by atoms with Gasteiger partial charge in [-0.2, -0.15) is 0 Å². The molecular formula is C26H20F6N4O3. The average molecular weight is 550 g/mol. The topological polar surface area (TPSA) is 68.7 Å². The number of morpholine rings is 1. The summed E-state index contributed by atoms with van der Waals surface area (Å²) >= 11 is 0. The van der Waals surface area contributed by atoms with Crippen molar-refractivity contribution in [1.82, 2.24) is 9.97 Å². The van der Waals surface area contributed by atoms with Crippen LogP contribution in [0.25, 0.3) is 22.0 Å². The van der Waals surface area contributed by atoms with Gasteiger partial charge in [-0.15, -0.1) is 26.3 Å². The number of aromatic nitrogens is 2. The van der Waals surface area contributed by atoms with E-state index >= 15 is 0 Å². The highest BCUT2D eigenvalue weighted by Crippen LogP contribution is 2.39. The molecule has 1 aliphatic rings. The first-order valence-corrected chi connectivity index (χ1v) is 11.6. The Morgan fingerprint density at radius 2 is 1.38 bits per heavy atom. The first-order chi connectivity index (χ1) is 18.5. The molecule has 0 aliphatic carbocycles. The number of alkyl halides is 6. The summed E-state index contributed by atoms with van der Waals surface area (Å²) in [5.74, 6) is -1.80. The van der Waals surface area contributed by atoms with Gasteiger partial charge in [0.15, 0.2) is 11.5 Å². The molecule has 5 rings (SSSR count). The minimum Gasteiger partial charge on any atom is -0.402 e. The Balaban J connectivity index is 1.45. The van der Waals surface area contributed by atoms with E-state index in [9.17, 15) is 26.3 Å². The number of hydrogen-bond donors (Lipinski definition) is 1. The molecule has 1 saturated heterocycles. The van der Waals surface area contributed by atoms with Gasteiger partial charge in [0.2, 0.25) is 0 Å². The third-order valence-electron chi connectivity index (χ3n) is 5.87. The van der Waals surface area contributed by atoms with E-state index in [2.05, 4.69) is 29.7 Å². The van der Waals surface area contributed by atoms with Gasteiger partial charge >= 0.3 is 12.7 Å². The average Bonchev–Trinajstić information content (AvgIpc) is 2.89. The highest BCUT2D eigenvalue weighted by atomic mass is 19.4. The molecule has 0 radical (unpaired) electrons. The maximum absolute atomic E-state index is 12.9. The number of rotatable bonds is 6. The largest absolute Gasteiger partial charge is 0.573 e. The van der Waals surface area contributed by atoms with Gasteiger partial charge in [-0.1, -0.05) is 12.1 Å². The SMILES string of the molecule is FC(F)(F)Oc1ccc(-c2ccc3ncnc(Nc4ccc(N5CCOCC5)cc4)c3c2)cc1OC(F)(F)F. The van der Waals surface area contributed by atoms with Crippen LogP contribution in [0.1, 0.15) is 0 Å². The maximum atomic E-state index is 12.9. The van der Waals surface area contributed by atoms with Crippen molar-refractivity contribution in [2.45, 2.75) is 12.7 Å². The zero-order valence-corrected chi connectivity index (χ0v) is 20.0. The van der Waals surface area contributed by atoms with Crippen molar-refractivity contribution < 1.29 is 40.6 Å². The van der Waals surface area contributed by atoms with Crippen LogP contribution in [-0.2, 0) is 4.74 Å². The second kappa shape index (κ2) is 10.5. The normalized spacial score (nSPS) is 14.4. The summed E-state index contributed by atoms with van der Waals surface area (Å²) in [6.45, 7) is 2.92. The number of halogens is 6. The lowest BCUT2D eigenvalue weighted by Gasteiger charge is -2.28. The van der Waals surface area contributed by atoms with Crippen LogP contribution in [0.3, 0.4) is 0 Å². The zero-order valence-electron chi connectivity index (χ0n) is 20.0. The van der Waals surface area contributed by atoms with E-state index in [0.717, 1.165) is 36.6 Å². The lowest BCUT2D eigenvalue weighted by Crippen LogP contribution is -2.36. The zero-order chi connectivity index (χ0) is 27.6. The van der Waals surface area contributed by atoms with Crippen LogP contribution in [-0.4, -0.2) is 49.0 Å². The molecule has 2 heterocycles. The number of nitrogens with zero attached hydrogens (tertiary/aromatic N) is 3. The molecule has 1 N–H and O–H groups in total. The predicted molar refractivity (Wildman–Crippen MR) is 131 cm³/mol. The van der Waals surface area contributed by atoms with Gasteiger partial charge in [0.05, 0.1) is 18.7 Å². The van der Waals surface area contributed by atoms with E-state index in [1.54, 1.807) is 18.2 Å². The molecular weight excluding hydrogens is 530 g/mol. The van der Waals surface area contributed by atoms with Gasteiger partial charge in [0, 0.05) is 29.9 Å². The third kappa shape index (κ3) is 6.60. The molecule has 13 heteroatoms. The molecule has 7 nitrogen and oxygen atoms in total. The Labute approximate surface area is 217 Å². The predicted octanol–water partition coefficient (Wildman–Crippen LogP) is 6.67. The Kier molecular flexibility index (Phi) is 7.08. The van der Waals surface area contributed by atoms with Crippen LogP contribution in [0, 0.1) is 0 Å². The lowest BCUT2D eigenvalue weighted by atomic mass is 10.0. The summed E-state index contributed by atoms with van der Waals surface area (Å²) in [5, 5.41) is 3.76. The fourth-order valence-corrected chi connectivity index (χ4v) is 4.15. The van der Waals surface area contributed by atoms with Gasteiger partial charge in [-0.05, 0) is 59.7 Å². The number of ether oxygens (including phenoxy) is 3. The van der Waals surface area contributed by atoms with Gasteiger partial charge in [-0.3, -0.25) is 0 Å². The molecule has 0 saturated carbocycles. The standard InChI is InChI=1S/C26H20F6N4O3/c27-25(28,29)38-22-8-2-17(14-23(22)39-26(30,31)32)16-1-7-21-20(13-16)24(34-15-33-21)35-18-3-5-19(6-4-18)36-9-11-37-12-10-36/h1-8,13-15H,9-12H2,(H,33,34,35). The molecule has 1 aliphatic heterocycles. The summed E-state index contributed by atoms with van der Waals surface area (Å²) in [5.41, 5.74) is 2.90. The van der Waals surface area contributed by atoms with Crippen molar-refractivity contribution >= 4 is 28.1 Å². The van der Waals surface area contributed by atoms with Gasteiger partial charge < -0.3 is 24.4 Å². The number of benzene rings is 3. The summed E-state index contributed by atoms with van der Waals surface area (Å²) in [7, 11) is 0. The molecule has 204 valence electrons. The van der Waals surface area contributed by atoms with E-state index in [1.165, 1.54) is 12.4 Å². The number of anilines is 3. The molecule has 1 fully saturated rings. The van der Waals surface area contributed by atoms with Crippen molar-refractivity contribution in [1.29, 1.82) is 0 Å². The quantitative estimate of drug-likeness (QED) is 0.269. The van der Waals surface area contributed by atoms with E-state index in [4.69, 9.17) is 4.74 Å². The monoisotopic (exact) mass is 550 g/mol. The molecule has 0 amide bonds. The molecule has 3 aromatic carbocycles. The second-order valence-corrected chi connectivity index (χ2v) is 8.48. The van der Waals surface area contributed by atoms with Gasteiger partial charge in [0.1, 0.15) is 12.1 Å². The van der Waals surface area contributed by atoms with E-state index in [-0.39, 0.29) is 5.56 Å². The van der Waals surface area contributed by atoms with Gasteiger partial charge in [0.25, 0.3) is 0 Å². The molecule has 0 atom stereocenters. The first-order valence-electron chi connectivity index (χ1n) is 11.6. The minimum atomic E-state index is -5.23. The maximum Gasteiger partial charge on any atom is 0.573 e. The molecule has 4 aromatic rings. The Bertz CT molecular complexity index is 1460. The number of nitrogens with one attached hydrogen (secondary N) is 1. The highest BCUT2D eigenvalue weighted by Gasteiger charge is 2.36. The molecule has 0 spiro atoms. The molecule has 0 unspecified atom stereocenters. The lowest BCUT2D eigenvalue weighted by molar-refractivity contribution is -0.287. The second-order valence-electron chi connectivity index (χ2n) is 8.48. The van der Waals surface area contributed by atoms with Crippen molar-refractivity contribution in [2.75, 3.05) is 36.5 Å². The van der Waals surface area contributed by atoms with Gasteiger partial charge in [-0.25, -0.2) is 9.97 Å². The summed E-state index contributed by atoms with van der Waals surface area (Å²) in [6, 6.07) is 15.3. The van der Waals surface area contributed by atoms with E-state index < -0.39 is 24.2 Å². The molecule has 39 heavy (non-hydrogen) atoms. The summed E-state index contributed by atoms with van der Waals surface area (Å²) in [4.78, 5) is 10.7. The highest BCUT2D eigenvalue weighted by molar-refractivity contribution is 5.94. The third-order valence-corrected chi connectivity index (χ3v) is 5.87. The molecule has 1 aromatic heterocycles. The summed E-state index contributed by atoms with van der Waals surface area (Å²) < 4.78 is 89.7. The van der Waals surface area contributed by atoms with Crippen LogP contribution < -0.4 is 19.7 Å². The van der Waals surface area contributed by atoms with Crippen molar-refractivity contribution in [3.63, 3.8) is 0 Å². The van der Waals surface area contributed by atoms with Crippen molar-refractivity contribution in [2.24, 2.45) is 0 Å². The van der Waals surface area contributed by atoms with Crippen molar-refractivity contribution in [3.05, 3.63) is 67.0 Å². The van der Waals surface area contributed by atoms with Crippen LogP contribution in [0.2, 0.25) is 0 Å². The van der Waals surface area contributed by atoms with Crippen LogP contribution >= 0.6 is 0 Å². The van der Waals surface area contributed by atoms with Crippen molar-refractivity contribution in [3.8, 4) is 22.6 Å². The number of hydrogen-bond acceptors (Lipinski definition) is 7. The van der Waals surface area contributed by atoms with E-state index in [1.807, 2.05) is 24.3 Å². The van der Waals surface area contributed by atoms with Crippen LogP contribution in [0.15, 0.2) is 67.0 Å². The Morgan fingerprint density at radius 1 is 0.744 bits per heavy atom. The first kappa shape index (κ1) is 26.4. The fraction of sp³-hybridized carbons (Fsp3) is 0.231. The molecule has 0 bridgehead atoms. The van der Waals surface area contributed by atoms with Crippen LogP contribution in [0.5, 0.6) is 11.5 Å². The summed E-state index contributed by atoms with van der Waals surface area (Å²) in [6.07, 6.45) is -9.06. The minimum absolute atomic E-state index is 0.162.